The van der Waals surface area contributed by atoms with E-state index in [4.69, 9.17) is 4.74 Å². The van der Waals surface area contributed by atoms with Crippen LogP contribution in [-0.2, 0) is 4.74 Å². The Morgan fingerprint density at radius 1 is 1.32 bits per heavy atom. The van der Waals surface area contributed by atoms with Crippen LogP contribution in [0.15, 0.2) is 16.9 Å². The number of likely N-dealkylation sites (tertiary alicyclic amines) is 1. The molecule has 1 aliphatic rings. The molecule has 2 heterocycles. The van der Waals surface area contributed by atoms with E-state index in [0.29, 0.717) is 5.95 Å². The normalized spacial score (nSPS) is 25.2. The second-order valence-electron chi connectivity index (χ2n) is 6.08. The smallest absolute Gasteiger partial charge is 0.410 e. The fourth-order valence-electron chi connectivity index (χ4n) is 2.89. The predicted molar refractivity (Wildman–Crippen MR) is 88.8 cm³/mol. The predicted octanol–water partition coefficient (Wildman–Crippen LogP) is 3.44. The van der Waals surface area contributed by atoms with E-state index in [1.54, 1.807) is 12.4 Å². The van der Waals surface area contributed by atoms with Crippen LogP contribution < -0.4 is 5.32 Å². The molecule has 0 radical (unpaired) electrons. The minimum Gasteiger partial charge on any atom is -0.447 e. The van der Waals surface area contributed by atoms with Gasteiger partial charge in [0, 0.05) is 30.5 Å². The number of halogens is 1. The molecule has 6 nitrogen and oxygen atoms in total. The molecule has 2 rings (SSSR count). The van der Waals surface area contributed by atoms with Crippen molar-refractivity contribution in [2.75, 3.05) is 5.32 Å². The Morgan fingerprint density at radius 3 is 2.36 bits per heavy atom. The van der Waals surface area contributed by atoms with E-state index >= 15 is 0 Å². The molecule has 1 amide bonds. The molecule has 122 valence electrons. The SMILES string of the molecule is CC(C)OC(=O)N1C(C)CC(Nc2ncc(Br)cn2)CC1C. The molecule has 0 aromatic carbocycles. The van der Waals surface area contributed by atoms with Crippen LogP contribution in [0.1, 0.15) is 40.5 Å². The second kappa shape index (κ2) is 7.26. The molecule has 1 N–H and O–H groups in total. The molecule has 1 aromatic heterocycles. The number of nitrogens with zero attached hydrogens (tertiary/aromatic N) is 3. The summed E-state index contributed by atoms with van der Waals surface area (Å²) in [5.74, 6) is 0.616. The number of nitrogens with one attached hydrogen (secondary N) is 1. The molecule has 0 saturated carbocycles. The molecule has 22 heavy (non-hydrogen) atoms. The zero-order valence-corrected chi connectivity index (χ0v) is 15.0. The van der Waals surface area contributed by atoms with Crippen molar-refractivity contribution >= 4 is 28.0 Å². The summed E-state index contributed by atoms with van der Waals surface area (Å²) in [7, 11) is 0. The number of piperidine rings is 1. The van der Waals surface area contributed by atoms with Crippen molar-refractivity contribution in [1.82, 2.24) is 14.9 Å². The number of amides is 1. The Balaban J connectivity index is 1.97. The van der Waals surface area contributed by atoms with Crippen LogP contribution in [0.4, 0.5) is 10.7 Å². The largest absolute Gasteiger partial charge is 0.447 e. The molecule has 0 aliphatic carbocycles. The highest BCUT2D eigenvalue weighted by Gasteiger charge is 2.35. The van der Waals surface area contributed by atoms with Gasteiger partial charge >= 0.3 is 6.09 Å². The van der Waals surface area contributed by atoms with Gasteiger partial charge in [0.2, 0.25) is 5.95 Å². The van der Waals surface area contributed by atoms with Crippen molar-refractivity contribution in [2.45, 2.75) is 64.8 Å². The third-order valence-corrected chi connectivity index (χ3v) is 4.11. The van der Waals surface area contributed by atoms with Gasteiger partial charge in [0.15, 0.2) is 0 Å². The first-order valence-corrected chi connectivity index (χ1v) is 8.39. The monoisotopic (exact) mass is 370 g/mol. The van der Waals surface area contributed by atoms with Gasteiger partial charge < -0.3 is 15.0 Å². The number of hydrogen-bond acceptors (Lipinski definition) is 5. The second-order valence-corrected chi connectivity index (χ2v) is 6.99. The molecule has 2 atom stereocenters. The van der Waals surface area contributed by atoms with Crippen LogP contribution in [0.3, 0.4) is 0 Å². The van der Waals surface area contributed by atoms with Crippen molar-refractivity contribution < 1.29 is 9.53 Å². The van der Waals surface area contributed by atoms with Gasteiger partial charge in [-0.1, -0.05) is 0 Å². The lowest BCUT2D eigenvalue weighted by Crippen LogP contribution is -2.53. The van der Waals surface area contributed by atoms with E-state index in [1.807, 2.05) is 32.6 Å². The van der Waals surface area contributed by atoms with Crippen LogP contribution in [0, 0.1) is 0 Å². The number of anilines is 1. The molecule has 1 fully saturated rings. The van der Waals surface area contributed by atoms with Gasteiger partial charge in [-0.05, 0) is 56.5 Å². The van der Waals surface area contributed by atoms with Crippen LogP contribution in [0.25, 0.3) is 0 Å². The first-order valence-electron chi connectivity index (χ1n) is 7.59. The van der Waals surface area contributed by atoms with Crippen LogP contribution in [0.2, 0.25) is 0 Å². The van der Waals surface area contributed by atoms with Crippen molar-refractivity contribution in [3.8, 4) is 0 Å². The zero-order chi connectivity index (χ0) is 16.3. The first kappa shape index (κ1) is 17.0. The highest BCUT2D eigenvalue weighted by molar-refractivity contribution is 9.10. The number of aromatic nitrogens is 2. The maximum Gasteiger partial charge on any atom is 0.410 e. The summed E-state index contributed by atoms with van der Waals surface area (Å²) < 4.78 is 6.19. The summed E-state index contributed by atoms with van der Waals surface area (Å²) in [5, 5.41) is 3.35. The Hall–Kier alpha value is -1.37. The Bertz CT molecular complexity index is 497. The van der Waals surface area contributed by atoms with Crippen molar-refractivity contribution in [3.63, 3.8) is 0 Å². The number of carbonyl (C=O) groups is 1. The van der Waals surface area contributed by atoms with Gasteiger partial charge in [-0.25, -0.2) is 14.8 Å². The summed E-state index contributed by atoms with van der Waals surface area (Å²) in [6, 6.07) is 0.472. The van der Waals surface area contributed by atoms with E-state index in [-0.39, 0.29) is 30.3 Å². The maximum absolute atomic E-state index is 12.2. The molecule has 1 saturated heterocycles. The molecule has 1 aliphatic heterocycles. The van der Waals surface area contributed by atoms with E-state index in [2.05, 4.69) is 31.2 Å². The van der Waals surface area contributed by atoms with Crippen LogP contribution >= 0.6 is 15.9 Å². The lowest BCUT2D eigenvalue weighted by atomic mass is 9.93. The summed E-state index contributed by atoms with van der Waals surface area (Å²) in [6.45, 7) is 7.83. The zero-order valence-electron chi connectivity index (χ0n) is 13.4. The van der Waals surface area contributed by atoms with Gasteiger partial charge in [0.25, 0.3) is 0 Å². The lowest BCUT2D eigenvalue weighted by molar-refractivity contribution is 0.0357. The Labute approximate surface area is 139 Å². The molecule has 7 heteroatoms. The summed E-state index contributed by atoms with van der Waals surface area (Å²) in [5.41, 5.74) is 0. The molecular formula is C15H23BrN4O2. The fourth-order valence-corrected chi connectivity index (χ4v) is 3.10. The summed E-state index contributed by atoms with van der Waals surface area (Å²) in [6.07, 6.45) is 4.80. The molecular weight excluding hydrogens is 348 g/mol. The number of hydrogen-bond donors (Lipinski definition) is 1. The standard InChI is InChI=1S/C15H23BrN4O2/c1-9(2)22-15(21)20-10(3)5-13(6-11(20)4)19-14-17-7-12(16)8-18-14/h7-11,13H,5-6H2,1-4H3,(H,17,18,19). The van der Waals surface area contributed by atoms with Gasteiger partial charge in [0.05, 0.1) is 10.6 Å². The third kappa shape index (κ3) is 4.32. The number of ether oxygens (including phenoxy) is 1. The Kier molecular flexibility index (Phi) is 5.61. The van der Waals surface area contributed by atoms with E-state index in [1.165, 1.54) is 0 Å². The van der Waals surface area contributed by atoms with E-state index in [0.717, 1.165) is 17.3 Å². The minimum absolute atomic E-state index is 0.0982. The third-order valence-electron chi connectivity index (χ3n) is 3.70. The molecule has 1 aromatic rings. The van der Waals surface area contributed by atoms with Crippen molar-refractivity contribution in [3.05, 3.63) is 16.9 Å². The van der Waals surface area contributed by atoms with Gasteiger partial charge in [-0.2, -0.15) is 0 Å². The van der Waals surface area contributed by atoms with Gasteiger partial charge in [-0.15, -0.1) is 0 Å². The highest BCUT2D eigenvalue weighted by atomic mass is 79.9. The van der Waals surface area contributed by atoms with Gasteiger partial charge in [0.1, 0.15) is 0 Å². The average molecular weight is 371 g/mol. The molecule has 0 spiro atoms. The van der Waals surface area contributed by atoms with Crippen molar-refractivity contribution in [1.29, 1.82) is 0 Å². The fraction of sp³-hybridized carbons (Fsp3) is 0.667. The number of rotatable bonds is 3. The Morgan fingerprint density at radius 2 is 1.86 bits per heavy atom. The van der Waals surface area contributed by atoms with Gasteiger partial charge in [-0.3, -0.25) is 0 Å². The maximum atomic E-state index is 12.2. The minimum atomic E-state index is -0.228. The first-order chi connectivity index (χ1) is 10.4. The van der Waals surface area contributed by atoms with Crippen LogP contribution in [0.5, 0.6) is 0 Å². The summed E-state index contributed by atoms with van der Waals surface area (Å²) in [4.78, 5) is 22.5. The quantitative estimate of drug-likeness (QED) is 0.882. The van der Waals surface area contributed by atoms with Crippen molar-refractivity contribution in [2.24, 2.45) is 0 Å². The van der Waals surface area contributed by atoms with Crippen LogP contribution in [-0.4, -0.2) is 45.2 Å². The molecule has 0 bridgehead atoms. The topological polar surface area (TPSA) is 67.3 Å². The van der Waals surface area contributed by atoms with E-state index < -0.39 is 0 Å². The highest BCUT2D eigenvalue weighted by Crippen LogP contribution is 2.26. The van der Waals surface area contributed by atoms with E-state index in [9.17, 15) is 4.79 Å². The lowest BCUT2D eigenvalue weighted by Gasteiger charge is -2.42. The summed E-state index contributed by atoms with van der Waals surface area (Å²) >= 11 is 3.32. The molecule has 2 unspecified atom stereocenters. The average Bonchev–Trinajstić information content (AvgIpc) is 2.39. The number of carbonyl (C=O) groups excluding carboxylic acids is 1.